The largest absolute Gasteiger partial charge is 0.501 e. The molecular formula is C30H33Cl3F6N8O5S. The van der Waals surface area contributed by atoms with Gasteiger partial charge in [0.25, 0.3) is 0 Å². The molecular weight excluding hydrogens is 805 g/mol. The van der Waals surface area contributed by atoms with Gasteiger partial charge < -0.3 is 14.5 Å². The summed E-state index contributed by atoms with van der Waals surface area (Å²) in [6.45, 7) is 11.1. The zero-order valence-electron chi connectivity index (χ0n) is 28.6. The number of alkyl halides is 9. The summed E-state index contributed by atoms with van der Waals surface area (Å²) in [4.78, 5) is 35.0. The number of nitrogens with zero attached hydrogens (tertiary/aromatic N) is 7. The first-order chi connectivity index (χ1) is 24.2. The minimum atomic E-state index is -3.83. The molecule has 0 amide bonds. The van der Waals surface area contributed by atoms with Gasteiger partial charge in [-0.1, -0.05) is 6.07 Å². The van der Waals surface area contributed by atoms with E-state index in [2.05, 4.69) is 57.8 Å². The zero-order chi connectivity index (χ0) is 42.1. The van der Waals surface area contributed by atoms with Crippen molar-refractivity contribution < 1.29 is 49.7 Å². The molecule has 2 aromatic heterocycles. The smallest absolute Gasteiger partial charge is 0.384 e. The third kappa shape index (κ3) is 26.7. The molecule has 0 saturated heterocycles. The summed E-state index contributed by atoms with van der Waals surface area (Å²) in [6, 6.07) is 6.41. The lowest BCUT2D eigenvalue weighted by atomic mass is 10.2. The summed E-state index contributed by atoms with van der Waals surface area (Å²) in [5, 5.41) is 5.32. The van der Waals surface area contributed by atoms with Gasteiger partial charge in [-0.05, 0) is 78.6 Å². The molecule has 2 aromatic rings. The Morgan fingerprint density at radius 2 is 1.57 bits per heavy atom. The second kappa shape index (κ2) is 26.2. The maximum absolute atomic E-state index is 12.7. The van der Waals surface area contributed by atoms with Crippen molar-refractivity contribution in [2.45, 2.75) is 42.2 Å². The molecule has 0 fully saturated rings. The summed E-state index contributed by atoms with van der Waals surface area (Å²) >= 11 is 13.9. The highest BCUT2D eigenvalue weighted by atomic mass is 35.5. The Kier molecular flexibility index (Phi) is 26.0. The van der Waals surface area contributed by atoms with Crippen molar-refractivity contribution in [1.29, 1.82) is 10.5 Å². The van der Waals surface area contributed by atoms with Crippen molar-refractivity contribution in [3.8, 4) is 12.3 Å². The highest BCUT2D eigenvalue weighted by molar-refractivity contribution is 7.93. The second-order valence-corrected chi connectivity index (χ2v) is 13.4. The van der Waals surface area contributed by atoms with Crippen LogP contribution in [0, 0.1) is 29.4 Å². The molecule has 53 heavy (non-hydrogen) atoms. The molecule has 13 nitrogen and oxygen atoms in total. The first kappa shape index (κ1) is 52.7. The molecule has 0 bridgehead atoms. The molecule has 0 aliphatic rings. The number of ether oxygens (including phenoxy) is 1. The fraction of sp³-hybridized carbons (Fsp3) is 0.367. The van der Waals surface area contributed by atoms with Crippen molar-refractivity contribution in [2.75, 3.05) is 27.0 Å². The Morgan fingerprint density at radius 3 is 1.85 bits per heavy atom. The standard InChI is InChI=1S/C10H10ClF2N3OS.C7H3ClF2N2.C6H7ClF2O2.C5H8N2.C2H5NO2/c1-7(18(2,17)16-6-14)8-3-4-9(15-5-8)10(11,12)13;8-7(9,10)6-2-1-5(3-11)4-12-6;1-2-11-4-3-5(10)6(7,8)9;1-6-4-5-7(2)3;1-2(4)5-3/h3-5,7H,1-2H3;1-2,4H;3-4H,2H2,1H3;4-5H,2-3H3;3H2,1H3/b;;4-3+;5-4+;. The number of aromatic nitrogens is 2. The Labute approximate surface area is 317 Å². The topological polar surface area (TPSA) is 189 Å². The number of rotatable bonds is 9. The van der Waals surface area contributed by atoms with Gasteiger partial charge in [0, 0.05) is 45.7 Å². The SMILES string of the molecule is CC(=O)ON.CC(c1ccc(C(F)(F)Cl)nc1)S(C)(=O)=NC#N.CCO/C=C/C(=O)C(F)(F)Cl.N#Cc1ccc(C(F)(F)Cl)nc1.[C-]#[N+]/C=C/N(C)C. The van der Waals surface area contributed by atoms with Crippen LogP contribution in [-0.4, -0.2) is 63.2 Å². The molecule has 2 heterocycles. The van der Waals surface area contributed by atoms with E-state index in [1.54, 1.807) is 26.1 Å². The summed E-state index contributed by atoms with van der Waals surface area (Å²) in [7, 11) is 0.995. The van der Waals surface area contributed by atoms with Crippen molar-refractivity contribution in [3.63, 3.8) is 0 Å². The number of pyridine rings is 2. The summed E-state index contributed by atoms with van der Waals surface area (Å²) < 4.78 is 93.6. The number of halogens is 9. The lowest BCUT2D eigenvalue weighted by molar-refractivity contribution is -0.141. The molecule has 0 aromatic carbocycles. The number of ketones is 1. The number of nitriles is 2. The quantitative estimate of drug-likeness (QED) is 0.0499. The minimum Gasteiger partial charge on any atom is -0.501 e. The van der Waals surface area contributed by atoms with Gasteiger partial charge in [-0.2, -0.15) is 42.8 Å². The molecule has 0 saturated carbocycles. The van der Waals surface area contributed by atoms with Crippen LogP contribution in [0.4, 0.5) is 26.3 Å². The van der Waals surface area contributed by atoms with Gasteiger partial charge in [-0.15, -0.1) is 4.36 Å². The molecule has 23 heteroatoms. The molecule has 0 radical (unpaired) electrons. The third-order valence-electron chi connectivity index (χ3n) is 4.97. The molecule has 2 unspecified atom stereocenters. The molecule has 0 spiro atoms. The van der Waals surface area contributed by atoms with Crippen LogP contribution in [0.2, 0.25) is 0 Å². The van der Waals surface area contributed by atoms with E-state index in [1.165, 1.54) is 37.7 Å². The number of hydrogen-bond donors (Lipinski definition) is 1. The van der Waals surface area contributed by atoms with E-state index in [9.17, 15) is 40.1 Å². The van der Waals surface area contributed by atoms with E-state index in [1.807, 2.05) is 19.0 Å². The van der Waals surface area contributed by atoms with Crippen molar-refractivity contribution in [1.82, 2.24) is 14.9 Å². The number of allylic oxidation sites excluding steroid dienone is 1. The lowest BCUT2D eigenvalue weighted by Gasteiger charge is -2.13. The average molecular weight is 838 g/mol. The van der Waals surface area contributed by atoms with Crippen molar-refractivity contribution >= 4 is 56.3 Å². The van der Waals surface area contributed by atoms with Crippen LogP contribution in [0.3, 0.4) is 0 Å². The van der Waals surface area contributed by atoms with Gasteiger partial charge in [-0.3, -0.25) is 19.6 Å². The van der Waals surface area contributed by atoms with E-state index in [-0.39, 0.29) is 5.56 Å². The highest BCUT2D eigenvalue weighted by Crippen LogP contribution is 2.32. The zero-order valence-corrected chi connectivity index (χ0v) is 31.7. The Morgan fingerprint density at radius 1 is 1.08 bits per heavy atom. The second-order valence-electron chi connectivity index (χ2n) is 9.33. The van der Waals surface area contributed by atoms with Gasteiger partial charge in [0.05, 0.1) is 40.0 Å². The molecule has 2 rings (SSSR count). The Hall–Kier alpha value is -4.65. The van der Waals surface area contributed by atoms with E-state index in [0.29, 0.717) is 18.2 Å². The van der Waals surface area contributed by atoms with E-state index < -0.39 is 54.3 Å². The van der Waals surface area contributed by atoms with Gasteiger partial charge in [-0.25, -0.2) is 9.05 Å². The number of carbonyl (C=O) groups excluding carboxylic acids is 2. The van der Waals surface area contributed by atoms with Crippen molar-refractivity contribution in [2.24, 2.45) is 10.3 Å². The van der Waals surface area contributed by atoms with E-state index in [4.69, 9.17) is 28.7 Å². The Balaban J connectivity index is -0.000000629. The van der Waals surface area contributed by atoms with Gasteiger partial charge in [0.1, 0.15) is 17.5 Å². The van der Waals surface area contributed by atoms with E-state index >= 15 is 0 Å². The van der Waals surface area contributed by atoms with Crippen LogP contribution in [-0.2, 0) is 39.7 Å². The fourth-order valence-corrected chi connectivity index (χ4v) is 3.57. The van der Waals surface area contributed by atoms with Crippen LogP contribution in [0.1, 0.15) is 48.5 Å². The highest BCUT2D eigenvalue weighted by Gasteiger charge is 2.33. The van der Waals surface area contributed by atoms with Gasteiger partial charge >= 0.3 is 22.1 Å². The summed E-state index contributed by atoms with van der Waals surface area (Å²) in [5.41, 5.74) is -0.464. The average Bonchev–Trinajstić information content (AvgIpc) is 3.07. The van der Waals surface area contributed by atoms with Crippen LogP contribution < -0.4 is 5.90 Å². The number of hydrogen-bond acceptors (Lipinski definition) is 12. The maximum Gasteiger partial charge on any atom is 0.384 e. The van der Waals surface area contributed by atoms with Crippen LogP contribution in [0.15, 0.2) is 65.8 Å². The predicted molar refractivity (Wildman–Crippen MR) is 185 cm³/mol. The molecule has 0 aliphatic carbocycles. The van der Waals surface area contributed by atoms with Crippen LogP contribution >= 0.6 is 34.8 Å². The molecule has 2 N–H and O–H groups in total. The van der Waals surface area contributed by atoms with Crippen LogP contribution in [0.5, 0.6) is 0 Å². The Bertz CT molecular complexity index is 1720. The monoisotopic (exact) mass is 836 g/mol. The van der Waals surface area contributed by atoms with Gasteiger partial charge in [0.15, 0.2) is 6.20 Å². The maximum atomic E-state index is 12.7. The molecule has 2 atom stereocenters. The van der Waals surface area contributed by atoms with E-state index in [0.717, 1.165) is 30.8 Å². The van der Waals surface area contributed by atoms with Gasteiger partial charge in [0.2, 0.25) is 12.0 Å². The first-order valence-corrected chi connectivity index (χ1v) is 16.9. The molecule has 0 aliphatic heterocycles. The fourth-order valence-electron chi connectivity index (χ4n) is 2.32. The van der Waals surface area contributed by atoms with Crippen molar-refractivity contribution in [3.05, 3.63) is 95.3 Å². The normalized spacial score (nSPS) is 12.3. The number of carbonyl (C=O) groups is 2. The minimum absolute atomic E-state index is 0.222. The predicted octanol–water partition coefficient (Wildman–Crippen LogP) is 7.55. The lowest BCUT2D eigenvalue weighted by Crippen LogP contribution is -2.18. The summed E-state index contributed by atoms with van der Waals surface area (Å²) in [5.74, 6) is 2.38. The van der Waals surface area contributed by atoms with Crippen LogP contribution in [0.25, 0.3) is 4.85 Å². The summed E-state index contributed by atoms with van der Waals surface area (Å²) in [6.07, 6.45) is 9.61. The third-order valence-corrected chi connectivity index (χ3v) is 7.58. The molecule has 292 valence electrons. The first-order valence-electron chi connectivity index (χ1n) is 13.8. The number of nitrogens with two attached hydrogens (primary N) is 1.